The fraction of sp³-hybridized carbons (Fsp3) is 0.421. The van der Waals surface area contributed by atoms with Crippen molar-refractivity contribution in [2.45, 2.75) is 33.7 Å². The molecule has 1 amide bonds. The molecule has 0 aliphatic carbocycles. The van der Waals surface area contributed by atoms with E-state index in [4.69, 9.17) is 4.42 Å². The predicted molar refractivity (Wildman–Crippen MR) is 92.6 cm³/mol. The maximum Gasteiger partial charge on any atom is 0.255 e. The lowest BCUT2D eigenvalue weighted by atomic mass is 10.1. The van der Waals surface area contributed by atoms with E-state index < -0.39 is 0 Å². The van der Waals surface area contributed by atoms with Crippen molar-refractivity contribution in [1.29, 1.82) is 0 Å². The highest BCUT2D eigenvalue weighted by Crippen LogP contribution is 2.20. The van der Waals surface area contributed by atoms with Crippen LogP contribution in [-0.2, 0) is 6.54 Å². The number of hydrogen-bond acceptors (Lipinski definition) is 3. The molecular formula is C19H26N2O2. The summed E-state index contributed by atoms with van der Waals surface area (Å²) in [6, 6.07) is 10.4. The van der Waals surface area contributed by atoms with Crippen LogP contribution in [0.1, 0.15) is 39.4 Å². The average Bonchev–Trinajstić information content (AvgIpc) is 2.77. The van der Waals surface area contributed by atoms with Crippen LogP contribution in [-0.4, -0.2) is 30.9 Å². The molecule has 124 valence electrons. The van der Waals surface area contributed by atoms with Crippen molar-refractivity contribution in [3.05, 3.63) is 58.5 Å². The monoisotopic (exact) mass is 314 g/mol. The van der Waals surface area contributed by atoms with Crippen LogP contribution in [0.3, 0.4) is 0 Å². The van der Waals surface area contributed by atoms with Gasteiger partial charge in [0.25, 0.3) is 5.91 Å². The number of hydrogen-bond donors (Lipinski definition) is 1. The minimum absolute atomic E-state index is 0.0393. The molecule has 4 heteroatoms. The van der Waals surface area contributed by atoms with E-state index in [9.17, 15) is 4.79 Å². The van der Waals surface area contributed by atoms with Gasteiger partial charge in [-0.15, -0.1) is 0 Å². The van der Waals surface area contributed by atoms with Crippen LogP contribution in [0.2, 0.25) is 0 Å². The van der Waals surface area contributed by atoms with Gasteiger partial charge in [0.15, 0.2) is 0 Å². The van der Waals surface area contributed by atoms with Crippen molar-refractivity contribution in [3.8, 4) is 0 Å². The Bertz CT molecular complexity index is 647. The van der Waals surface area contributed by atoms with Crippen LogP contribution < -0.4 is 5.32 Å². The molecule has 2 rings (SSSR count). The fourth-order valence-corrected chi connectivity index (χ4v) is 2.74. The summed E-state index contributed by atoms with van der Waals surface area (Å²) in [5, 5.41) is 2.99. The van der Waals surface area contributed by atoms with Gasteiger partial charge in [0.1, 0.15) is 11.5 Å². The van der Waals surface area contributed by atoms with E-state index in [1.807, 2.05) is 26.8 Å². The number of nitrogens with zero attached hydrogens (tertiary/aromatic N) is 1. The number of aryl methyl sites for hydroxylation is 2. The lowest BCUT2D eigenvalue weighted by Crippen LogP contribution is -2.28. The molecular weight excluding hydrogens is 288 g/mol. The third-order valence-corrected chi connectivity index (χ3v) is 4.09. The summed E-state index contributed by atoms with van der Waals surface area (Å²) >= 11 is 0. The second-order valence-corrected chi connectivity index (χ2v) is 6.05. The first-order valence-corrected chi connectivity index (χ1v) is 8.06. The summed E-state index contributed by atoms with van der Waals surface area (Å²) in [5.41, 5.74) is 2.92. The van der Waals surface area contributed by atoms with E-state index in [2.05, 4.69) is 41.5 Å². The minimum Gasteiger partial charge on any atom is -0.466 e. The maximum absolute atomic E-state index is 12.3. The Labute approximate surface area is 138 Å². The number of nitrogens with one attached hydrogen (secondary N) is 1. The summed E-state index contributed by atoms with van der Waals surface area (Å²) in [6.07, 6.45) is 0.921. The number of carbonyl (C=O) groups excluding carboxylic acids is 1. The Kier molecular flexibility index (Phi) is 5.99. The fourth-order valence-electron chi connectivity index (χ4n) is 2.74. The molecule has 1 aromatic heterocycles. The molecule has 1 aromatic carbocycles. The molecule has 23 heavy (non-hydrogen) atoms. The standard InChI is InChI=1S/C19H26N2O2/c1-14-15(2)23-16(3)18(14)19(22)20-11-8-12-21(4)13-17-9-6-5-7-10-17/h5-7,9-10H,8,11-13H2,1-4H3,(H,20,22). The summed E-state index contributed by atoms with van der Waals surface area (Å²) in [6.45, 7) is 8.18. The zero-order valence-corrected chi connectivity index (χ0v) is 14.5. The normalized spacial score (nSPS) is 11.0. The van der Waals surface area contributed by atoms with Gasteiger partial charge in [-0.25, -0.2) is 0 Å². The van der Waals surface area contributed by atoms with Crippen LogP contribution in [0.4, 0.5) is 0 Å². The van der Waals surface area contributed by atoms with Gasteiger partial charge in [-0.3, -0.25) is 4.79 Å². The molecule has 0 aliphatic rings. The zero-order chi connectivity index (χ0) is 16.8. The number of benzene rings is 1. The van der Waals surface area contributed by atoms with Crippen molar-refractivity contribution >= 4 is 5.91 Å². The first-order chi connectivity index (χ1) is 11.0. The number of amides is 1. The third kappa shape index (κ3) is 4.70. The van der Waals surface area contributed by atoms with Gasteiger partial charge in [0.2, 0.25) is 0 Å². The Balaban J connectivity index is 1.74. The van der Waals surface area contributed by atoms with Crippen molar-refractivity contribution in [1.82, 2.24) is 10.2 Å². The second kappa shape index (κ2) is 7.97. The molecule has 2 aromatic rings. The summed E-state index contributed by atoms with van der Waals surface area (Å²) in [7, 11) is 2.10. The van der Waals surface area contributed by atoms with Crippen molar-refractivity contribution in [3.63, 3.8) is 0 Å². The highest BCUT2D eigenvalue weighted by Gasteiger charge is 2.17. The van der Waals surface area contributed by atoms with Crippen LogP contribution in [0, 0.1) is 20.8 Å². The van der Waals surface area contributed by atoms with Gasteiger partial charge < -0.3 is 14.6 Å². The van der Waals surface area contributed by atoms with E-state index in [0.717, 1.165) is 30.8 Å². The Hall–Kier alpha value is -2.07. The van der Waals surface area contributed by atoms with Gasteiger partial charge in [-0.2, -0.15) is 0 Å². The molecule has 0 fully saturated rings. The van der Waals surface area contributed by atoms with Crippen LogP contribution in [0.15, 0.2) is 34.7 Å². The molecule has 0 aliphatic heterocycles. The summed E-state index contributed by atoms with van der Waals surface area (Å²) < 4.78 is 5.51. The molecule has 0 atom stereocenters. The van der Waals surface area contributed by atoms with E-state index >= 15 is 0 Å². The molecule has 4 nitrogen and oxygen atoms in total. The molecule has 0 radical (unpaired) electrons. The first kappa shape index (κ1) is 17.3. The Morgan fingerprint density at radius 3 is 2.43 bits per heavy atom. The van der Waals surface area contributed by atoms with Crippen molar-refractivity contribution in [2.24, 2.45) is 0 Å². The Morgan fingerprint density at radius 1 is 1.13 bits per heavy atom. The van der Waals surface area contributed by atoms with Crippen LogP contribution in [0.25, 0.3) is 0 Å². The van der Waals surface area contributed by atoms with Crippen LogP contribution in [0.5, 0.6) is 0 Å². The number of carbonyl (C=O) groups is 1. The van der Waals surface area contributed by atoms with E-state index in [-0.39, 0.29) is 5.91 Å². The Morgan fingerprint density at radius 2 is 1.83 bits per heavy atom. The minimum atomic E-state index is -0.0393. The highest BCUT2D eigenvalue weighted by atomic mass is 16.3. The predicted octanol–water partition coefficient (Wildman–Crippen LogP) is 3.46. The molecule has 1 N–H and O–H groups in total. The largest absolute Gasteiger partial charge is 0.466 e. The van der Waals surface area contributed by atoms with Crippen molar-refractivity contribution < 1.29 is 9.21 Å². The molecule has 0 saturated carbocycles. The topological polar surface area (TPSA) is 45.5 Å². The molecule has 1 heterocycles. The quantitative estimate of drug-likeness (QED) is 0.796. The highest BCUT2D eigenvalue weighted by molar-refractivity contribution is 5.96. The van der Waals surface area contributed by atoms with E-state index in [0.29, 0.717) is 17.9 Å². The average molecular weight is 314 g/mol. The molecule has 0 spiro atoms. The van der Waals surface area contributed by atoms with Gasteiger partial charge in [-0.05, 0) is 46.3 Å². The zero-order valence-electron chi connectivity index (χ0n) is 14.5. The van der Waals surface area contributed by atoms with Gasteiger partial charge in [0, 0.05) is 18.7 Å². The molecule has 0 bridgehead atoms. The van der Waals surface area contributed by atoms with Gasteiger partial charge in [0.05, 0.1) is 5.56 Å². The SMILES string of the molecule is Cc1oc(C)c(C(=O)NCCCN(C)Cc2ccccc2)c1C. The maximum atomic E-state index is 12.3. The van der Waals surface area contributed by atoms with Crippen molar-refractivity contribution in [2.75, 3.05) is 20.1 Å². The summed E-state index contributed by atoms with van der Waals surface area (Å²) in [5.74, 6) is 1.47. The second-order valence-electron chi connectivity index (χ2n) is 6.05. The lowest BCUT2D eigenvalue weighted by molar-refractivity contribution is 0.0950. The molecule has 0 unspecified atom stereocenters. The van der Waals surface area contributed by atoms with Gasteiger partial charge in [-0.1, -0.05) is 30.3 Å². The van der Waals surface area contributed by atoms with Gasteiger partial charge >= 0.3 is 0 Å². The first-order valence-electron chi connectivity index (χ1n) is 8.06. The lowest BCUT2D eigenvalue weighted by Gasteiger charge is -2.16. The summed E-state index contributed by atoms with van der Waals surface area (Å²) in [4.78, 5) is 14.5. The smallest absolute Gasteiger partial charge is 0.255 e. The third-order valence-electron chi connectivity index (χ3n) is 4.09. The number of rotatable bonds is 7. The number of furan rings is 1. The van der Waals surface area contributed by atoms with E-state index in [1.165, 1.54) is 5.56 Å². The van der Waals surface area contributed by atoms with E-state index in [1.54, 1.807) is 0 Å². The molecule has 0 saturated heterocycles. The van der Waals surface area contributed by atoms with Crippen LogP contribution >= 0.6 is 0 Å².